The zero-order valence-corrected chi connectivity index (χ0v) is 13.7. The van der Waals surface area contributed by atoms with E-state index in [1.54, 1.807) is 36.4 Å². The van der Waals surface area contributed by atoms with Crippen molar-refractivity contribution in [3.05, 3.63) is 77.3 Å². The highest BCUT2D eigenvalue weighted by Gasteiger charge is 2.11. The number of amides is 1. The standard InChI is InChI=1S/C18H15ClN4O/c1-23(13-7-3-2-4-8-13)17-12-11-16(21-22-17)20-18(24)14-9-5-6-10-15(14)19/h2-12H,1H3,(H,20,21,24). The lowest BCUT2D eigenvalue weighted by Gasteiger charge is -2.17. The lowest BCUT2D eigenvalue weighted by Crippen LogP contribution is -2.15. The van der Waals surface area contributed by atoms with Gasteiger partial charge in [-0.3, -0.25) is 4.79 Å². The summed E-state index contributed by atoms with van der Waals surface area (Å²) < 4.78 is 0. The number of carbonyl (C=O) groups excluding carboxylic acids is 1. The third kappa shape index (κ3) is 3.52. The van der Waals surface area contributed by atoms with E-state index in [0.717, 1.165) is 5.69 Å². The molecule has 0 atom stereocenters. The fourth-order valence-corrected chi connectivity index (χ4v) is 2.41. The molecule has 3 rings (SSSR count). The second-order valence-electron chi connectivity index (χ2n) is 5.11. The third-order valence-corrected chi connectivity index (χ3v) is 3.83. The van der Waals surface area contributed by atoms with Crippen molar-refractivity contribution in [2.75, 3.05) is 17.3 Å². The summed E-state index contributed by atoms with van der Waals surface area (Å²) in [7, 11) is 1.90. The van der Waals surface area contributed by atoms with E-state index in [0.29, 0.717) is 22.2 Å². The second kappa shape index (κ2) is 7.10. The fraction of sp³-hybridized carbons (Fsp3) is 0.0556. The molecule has 0 saturated carbocycles. The molecular formula is C18H15ClN4O. The first-order chi connectivity index (χ1) is 11.6. The normalized spacial score (nSPS) is 10.2. The number of carbonyl (C=O) groups is 1. The van der Waals surface area contributed by atoms with Crippen molar-refractivity contribution in [2.45, 2.75) is 0 Å². The van der Waals surface area contributed by atoms with Gasteiger partial charge in [-0.2, -0.15) is 0 Å². The summed E-state index contributed by atoms with van der Waals surface area (Å²) in [6, 6.07) is 20.2. The summed E-state index contributed by atoms with van der Waals surface area (Å²) in [5.41, 5.74) is 1.39. The topological polar surface area (TPSA) is 58.1 Å². The number of rotatable bonds is 4. The minimum absolute atomic E-state index is 0.320. The van der Waals surface area contributed by atoms with Crippen molar-refractivity contribution in [3.63, 3.8) is 0 Å². The molecule has 0 unspecified atom stereocenters. The van der Waals surface area contributed by atoms with E-state index in [1.165, 1.54) is 0 Å². The zero-order valence-electron chi connectivity index (χ0n) is 13.0. The second-order valence-corrected chi connectivity index (χ2v) is 5.51. The number of hydrogen-bond acceptors (Lipinski definition) is 4. The minimum atomic E-state index is -0.320. The number of benzene rings is 2. The molecule has 0 aliphatic carbocycles. The molecule has 6 heteroatoms. The van der Waals surface area contributed by atoms with E-state index in [2.05, 4.69) is 15.5 Å². The Morgan fingerprint density at radius 1 is 0.958 bits per heavy atom. The van der Waals surface area contributed by atoms with Gasteiger partial charge in [0.05, 0.1) is 10.6 Å². The van der Waals surface area contributed by atoms with Gasteiger partial charge < -0.3 is 10.2 Å². The lowest BCUT2D eigenvalue weighted by atomic mass is 10.2. The van der Waals surface area contributed by atoms with Gasteiger partial charge in [0.25, 0.3) is 5.91 Å². The molecule has 1 N–H and O–H groups in total. The maximum absolute atomic E-state index is 12.2. The van der Waals surface area contributed by atoms with E-state index < -0.39 is 0 Å². The van der Waals surface area contributed by atoms with Crippen LogP contribution in [-0.4, -0.2) is 23.2 Å². The van der Waals surface area contributed by atoms with Crippen molar-refractivity contribution in [1.29, 1.82) is 0 Å². The number of nitrogens with zero attached hydrogens (tertiary/aromatic N) is 3. The van der Waals surface area contributed by atoms with Gasteiger partial charge in [-0.15, -0.1) is 10.2 Å². The van der Waals surface area contributed by atoms with Crippen LogP contribution < -0.4 is 10.2 Å². The highest BCUT2D eigenvalue weighted by Crippen LogP contribution is 2.21. The summed E-state index contributed by atoms with van der Waals surface area (Å²) in [4.78, 5) is 14.1. The average Bonchev–Trinajstić information content (AvgIpc) is 2.63. The summed E-state index contributed by atoms with van der Waals surface area (Å²) in [5.74, 6) is 0.723. The Labute approximate surface area is 144 Å². The molecule has 5 nitrogen and oxygen atoms in total. The Morgan fingerprint density at radius 2 is 1.67 bits per heavy atom. The Hall–Kier alpha value is -2.92. The maximum atomic E-state index is 12.2. The Kier molecular flexibility index (Phi) is 4.72. The predicted octanol–water partition coefficient (Wildman–Crippen LogP) is 4.15. The van der Waals surface area contributed by atoms with E-state index in [4.69, 9.17) is 11.6 Å². The maximum Gasteiger partial charge on any atom is 0.258 e. The Balaban J connectivity index is 1.73. The molecule has 1 amide bonds. The van der Waals surface area contributed by atoms with Gasteiger partial charge in [0, 0.05) is 12.7 Å². The first-order valence-electron chi connectivity index (χ1n) is 7.33. The molecule has 1 aromatic heterocycles. The monoisotopic (exact) mass is 338 g/mol. The van der Waals surface area contributed by atoms with Crippen LogP contribution in [0.25, 0.3) is 0 Å². The largest absolute Gasteiger partial charge is 0.328 e. The average molecular weight is 339 g/mol. The quantitative estimate of drug-likeness (QED) is 0.776. The van der Waals surface area contributed by atoms with Crippen LogP contribution in [0.1, 0.15) is 10.4 Å². The number of nitrogens with one attached hydrogen (secondary N) is 1. The lowest BCUT2D eigenvalue weighted by molar-refractivity contribution is 0.102. The van der Waals surface area contributed by atoms with Crippen LogP contribution in [0.4, 0.5) is 17.3 Å². The highest BCUT2D eigenvalue weighted by atomic mass is 35.5. The minimum Gasteiger partial charge on any atom is -0.328 e. The molecule has 0 fully saturated rings. The predicted molar refractivity (Wildman–Crippen MR) is 95.9 cm³/mol. The van der Waals surface area contributed by atoms with Gasteiger partial charge in [0.15, 0.2) is 11.6 Å². The molecule has 0 bridgehead atoms. The van der Waals surface area contributed by atoms with E-state index in [-0.39, 0.29) is 5.91 Å². The van der Waals surface area contributed by atoms with Crippen molar-refractivity contribution in [3.8, 4) is 0 Å². The first kappa shape index (κ1) is 16.0. The molecule has 2 aromatic carbocycles. The van der Waals surface area contributed by atoms with Crippen LogP contribution in [0, 0.1) is 0 Å². The molecular weight excluding hydrogens is 324 g/mol. The number of halogens is 1. The van der Waals surface area contributed by atoms with E-state index in [1.807, 2.05) is 42.3 Å². The van der Waals surface area contributed by atoms with Gasteiger partial charge in [0.1, 0.15) is 0 Å². The molecule has 0 radical (unpaired) electrons. The molecule has 0 aliphatic heterocycles. The van der Waals surface area contributed by atoms with Crippen LogP contribution in [-0.2, 0) is 0 Å². The molecule has 120 valence electrons. The number of hydrogen-bond donors (Lipinski definition) is 1. The highest BCUT2D eigenvalue weighted by molar-refractivity contribution is 6.34. The SMILES string of the molecule is CN(c1ccccc1)c1ccc(NC(=O)c2ccccc2Cl)nn1. The number of aromatic nitrogens is 2. The molecule has 24 heavy (non-hydrogen) atoms. The number of para-hydroxylation sites is 1. The first-order valence-corrected chi connectivity index (χ1v) is 7.71. The van der Waals surface area contributed by atoms with Gasteiger partial charge in [0.2, 0.25) is 0 Å². The third-order valence-electron chi connectivity index (χ3n) is 3.50. The summed E-state index contributed by atoms with van der Waals surface area (Å²) in [6.45, 7) is 0. The summed E-state index contributed by atoms with van der Waals surface area (Å²) in [5, 5.41) is 11.3. The van der Waals surface area contributed by atoms with Crippen molar-refractivity contribution >= 4 is 34.8 Å². The number of anilines is 3. The van der Waals surface area contributed by atoms with Crippen LogP contribution in [0.3, 0.4) is 0 Å². The fourth-order valence-electron chi connectivity index (χ4n) is 2.18. The van der Waals surface area contributed by atoms with Crippen LogP contribution in [0.15, 0.2) is 66.7 Å². The van der Waals surface area contributed by atoms with Gasteiger partial charge in [-0.25, -0.2) is 0 Å². The summed E-state index contributed by atoms with van der Waals surface area (Å²) in [6.07, 6.45) is 0. The van der Waals surface area contributed by atoms with Crippen molar-refractivity contribution < 1.29 is 4.79 Å². The van der Waals surface area contributed by atoms with E-state index in [9.17, 15) is 4.79 Å². The Bertz CT molecular complexity index is 837. The zero-order chi connectivity index (χ0) is 16.9. The molecule has 3 aromatic rings. The van der Waals surface area contributed by atoms with Crippen molar-refractivity contribution in [1.82, 2.24) is 10.2 Å². The van der Waals surface area contributed by atoms with Crippen LogP contribution in [0.2, 0.25) is 5.02 Å². The van der Waals surface area contributed by atoms with Crippen LogP contribution >= 0.6 is 11.6 Å². The smallest absolute Gasteiger partial charge is 0.258 e. The van der Waals surface area contributed by atoms with Gasteiger partial charge in [-0.1, -0.05) is 41.9 Å². The van der Waals surface area contributed by atoms with Gasteiger partial charge >= 0.3 is 0 Å². The van der Waals surface area contributed by atoms with Gasteiger partial charge in [-0.05, 0) is 36.4 Å². The molecule has 0 spiro atoms. The molecule has 0 aliphatic rings. The van der Waals surface area contributed by atoms with E-state index >= 15 is 0 Å². The molecule has 0 saturated heterocycles. The Morgan fingerprint density at radius 3 is 2.33 bits per heavy atom. The molecule has 1 heterocycles. The van der Waals surface area contributed by atoms with Crippen LogP contribution in [0.5, 0.6) is 0 Å². The summed E-state index contributed by atoms with van der Waals surface area (Å²) >= 11 is 6.02. The van der Waals surface area contributed by atoms with Crippen molar-refractivity contribution in [2.24, 2.45) is 0 Å².